The molecule has 1 aromatic heterocycles. The second kappa shape index (κ2) is 8.01. The Balaban J connectivity index is 1.60. The third-order valence-corrected chi connectivity index (χ3v) is 6.95. The third kappa shape index (κ3) is 3.34. The maximum absolute atomic E-state index is 13.8. The Hall–Kier alpha value is -3.28. The van der Waals surface area contributed by atoms with Gasteiger partial charge in [-0.25, -0.2) is 0 Å². The van der Waals surface area contributed by atoms with E-state index in [1.165, 1.54) is 6.42 Å². The van der Waals surface area contributed by atoms with Crippen LogP contribution in [0.1, 0.15) is 49.5 Å². The third-order valence-electron chi connectivity index (χ3n) is 6.95. The molecule has 6 nitrogen and oxygen atoms in total. The number of hydrogen-bond donors (Lipinski definition) is 1. The summed E-state index contributed by atoms with van der Waals surface area (Å²) in [5, 5.41) is 4.27. The Morgan fingerprint density at radius 1 is 1.06 bits per heavy atom. The van der Waals surface area contributed by atoms with Gasteiger partial charge < -0.3 is 14.6 Å². The topological polar surface area (TPSA) is 63.6 Å². The molecule has 1 atom stereocenters. The second-order valence-corrected chi connectivity index (χ2v) is 9.10. The van der Waals surface area contributed by atoms with Crippen molar-refractivity contribution in [2.45, 2.75) is 57.2 Å². The lowest BCUT2D eigenvalue weighted by Gasteiger charge is -2.44. The Morgan fingerprint density at radius 2 is 1.78 bits per heavy atom. The number of aromatic nitrogens is 1. The number of nitrogens with zero attached hydrogens (tertiary/aromatic N) is 2. The van der Waals surface area contributed by atoms with Crippen LogP contribution < -0.4 is 15.0 Å². The minimum atomic E-state index is -1.06. The van der Waals surface area contributed by atoms with Gasteiger partial charge in [-0.1, -0.05) is 37.5 Å². The van der Waals surface area contributed by atoms with Crippen LogP contribution in [0.15, 0.2) is 54.6 Å². The first-order valence-corrected chi connectivity index (χ1v) is 11.4. The summed E-state index contributed by atoms with van der Waals surface area (Å²) in [6, 6.07) is 17.4. The van der Waals surface area contributed by atoms with Crippen molar-refractivity contribution in [2.75, 3.05) is 12.0 Å². The largest absolute Gasteiger partial charge is 0.497 e. The number of ether oxygens (including phenoxy) is 1. The minimum absolute atomic E-state index is 0.100. The average molecular weight is 432 g/mol. The fourth-order valence-electron chi connectivity index (χ4n) is 5.17. The van der Waals surface area contributed by atoms with Crippen LogP contribution in [0.5, 0.6) is 5.75 Å². The van der Waals surface area contributed by atoms with E-state index in [-0.39, 0.29) is 17.9 Å². The molecule has 2 heterocycles. The van der Waals surface area contributed by atoms with Gasteiger partial charge in [0.25, 0.3) is 5.91 Å². The molecule has 0 spiro atoms. The van der Waals surface area contributed by atoms with Gasteiger partial charge in [0.05, 0.1) is 13.7 Å². The lowest BCUT2D eigenvalue weighted by molar-refractivity contribution is -0.127. The fraction of sp³-hybridized carbons (Fsp3) is 0.385. The maximum atomic E-state index is 13.8. The molecule has 1 aliphatic heterocycles. The van der Waals surface area contributed by atoms with Crippen molar-refractivity contribution in [3.63, 3.8) is 0 Å². The summed E-state index contributed by atoms with van der Waals surface area (Å²) >= 11 is 0. The van der Waals surface area contributed by atoms with Gasteiger partial charge in [-0.2, -0.15) is 0 Å². The predicted molar refractivity (Wildman–Crippen MR) is 125 cm³/mol. The van der Waals surface area contributed by atoms with Crippen molar-refractivity contribution in [1.29, 1.82) is 0 Å². The van der Waals surface area contributed by atoms with Crippen LogP contribution in [0.4, 0.5) is 5.69 Å². The van der Waals surface area contributed by atoms with Crippen LogP contribution in [0.2, 0.25) is 0 Å². The molecule has 5 rings (SSSR count). The Labute approximate surface area is 188 Å². The molecular weight excluding hydrogens is 402 g/mol. The van der Waals surface area contributed by atoms with E-state index in [4.69, 9.17) is 4.74 Å². The molecule has 0 saturated heterocycles. The number of methoxy groups -OCH3 is 1. The van der Waals surface area contributed by atoms with Crippen LogP contribution in [0, 0.1) is 0 Å². The number of amides is 2. The molecule has 32 heavy (non-hydrogen) atoms. The molecular formula is C26H29N3O3. The van der Waals surface area contributed by atoms with Crippen LogP contribution in [-0.4, -0.2) is 35.1 Å². The number of fused-ring (bicyclic) bond motifs is 3. The number of carbonyl (C=O) groups is 2. The van der Waals surface area contributed by atoms with Gasteiger partial charge in [0.1, 0.15) is 17.0 Å². The molecule has 1 saturated carbocycles. The van der Waals surface area contributed by atoms with Crippen LogP contribution in [-0.2, 0) is 11.3 Å². The van der Waals surface area contributed by atoms with Crippen molar-refractivity contribution < 1.29 is 14.3 Å². The number of nitrogens with one attached hydrogen (secondary N) is 1. The Morgan fingerprint density at radius 3 is 2.50 bits per heavy atom. The van der Waals surface area contributed by atoms with Gasteiger partial charge in [0.2, 0.25) is 5.91 Å². The monoisotopic (exact) mass is 431 g/mol. The number of anilines is 1. The van der Waals surface area contributed by atoms with E-state index in [1.54, 1.807) is 12.0 Å². The van der Waals surface area contributed by atoms with E-state index >= 15 is 0 Å². The highest BCUT2D eigenvalue weighted by atomic mass is 16.5. The van der Waals surface area contributed by atoms with Gasteiger partial charge >= 0.3 is 0 Å². The highest BCUT2D eigenvalue weighted by molar-refractivity contribution is 6.14. The van der Waals surface area contributed by atoms with E-state index in [1.807, 2.05) is 66.1 Å². The smallest absolute Gasteiger partial charge is 0.275 e. The van der Waals surface area contributed by atoms with Crippen molar-refractivity contribution in [2.24, 2.45) is 0 Å². The summed E-state index contributed by atoms with van der Waals surface area (Å²) in [5.41, 5.74) is 1.21. The van der Waals surface area contributed by atoms with Crippen LogP contribution >= 0.6 is 0 Å². The number of hydrogen-bond acceptors (Lipinski definition) is 3. The summed E-state index contributed by atoms with van der Waals surface area (Å²) < 4.78 is 7.29. The summed E-state index contributed by atoms with van der Waals surface area (Å²) in [6.45, 7) is 2.27. The van der Waals surface area contributed by atoms with Gasteiger partial charge in [0, 0.05) is 22.6 Å². The van der Waals surface area contributed by atoms with Crippen LogP contribution in [0.3, 0.4) is 0 Å². The molecule has 1 aliphatic carbocycles. The zero-order chi connectivity index (χ0) is 22.3. The molecule has 1 fully saturated rings. The van der Waals surface area contributed by atoms with Gasteiger partial charge in [0.15, 0.2) is 0 Å². The maximum Gasteiger partial charge on any atom is 0.275 e. The summed E-state index contributed by atoms with van der Waals surface area (Å²) in [4.78, 5) is 29.3. The molecule has 2 aliphatic rings. The van der Waals surface area contributed by atoms with E-state index < -0.39 is 5.54 Å². The molecule has 2 aromatic carbocycles. The lowest BCUT2D eigenvalue weighted by atomic mass is 9.91. The molecule has 2 amide bonds. The number of rotatable bonds is 4. The summed E-state index contributed by atoms with van der Waals surface area (Å²) in [5.74, 6) is 0.441. The van der Waals surface area contributed by atoms with Crippen molar-refractivity contribution >= 4 is 28.4 Å². The number of carbonyl (C=O) groups excluding carboxylic acids is 2. The number of benzene rings is 2. The first kappa shape index (κ1) is 20.6. The quantitative estimate of drug-likeness (QED) is 0.661. The standard InChI is InChI=1S/C26H29N3O3/c1-26(25(31)27-19-9-4-3-5-10-19)17-28-22-11-7-6-8-18(22)16-23(28)24(30)29(26)20-12-14-21(32-2)15-13-20/h6-8,11-16,19H,3-5,9-10,17H2,1-2H3,(H,27,31). The summed E-state index contributed by atoms with van der Waals surface area (Å²) in [7, 11) is 1.61. The fourth-order valence-corrected chi connectivity index (χ4v) is 5.17. The van der Waals surface area contributed by atoms with Crippen molar-refractivity contribution in [1.82, 2.24) is 9.88 Å². The SMILES string of the molecule is COc1ccc(N2C(=O)c3cc4ccccc4n3CC2(C)C(=O)NC2CCCCC2)cc1. The van der Waals surface area contributed by atoms with Gasteiger partial charge in [-0.15, -0.1) is 0 Å². The first-order chi connectivity index (χ1) is 15.5. The van der Waals surface area contributed by atoms with Gasteiger partial charge in [-0.05, 0) is 56.2 Å². The molecule has 1 N–H and O–H groups in total. The van der Waals surface area contributed by atoms with Gasteiger partial charge in [-0.3, -0.25) is 14.5 Å². The van der Waals surface area contributed by atoms with E-state index in [0.29, 0.717) is 23.7 Å². The van der Waals surface area contributed by atoms with Crippen molar-refractivity contribution in [3.8, 4) is 5.75 Å². The minimum Gasteiger partial charge on any atom is -0.497 e. The molecule has 0 bridgehead atoms. The van der Waals surface area contributed by atoms with E-state index in [0.717, 1.165) is 36.6 Å². The Kier molecular flexibility index (Phi) is 5.16. The zero-order valence-corrected chi connectivity index (χ0v) is 18.6. The molecule has 1 unspecified atom stereocenters. The Bertz CT molecular complexity index is 1160. The van der Waals surface area contributed by atoms with Crippen molar-refractivity contribution in [3.05, 3.63) is 60.3 Å². The number of para-hydroxylation sites is 1. The molecule has 6 heteroatoms. The lowest BCUT2D eigenvalue weighted by Crippen LogP contribution is -2.65. The van der Waals surface area contributed by atoms with E-state index in [2.05, 4.69) is 5.32 Å². The normalized spacial score (nSPS) is 21.4. The van der Waals surface area contributed by atoms with E-state index in [9.17, 15) is 9.59 Å². The molecule has 0 radical (unpaired) electrons. The zero-order valence-electron chi connectivity index (χ0n) is 18.6. The molecule has 3 aromatic rings. The average Bonchev–Trinajstić information content (AvgIpc) is 3.19. The first-order valence-electron chi connectivity index (χ1n) is 11.4. The summed E-state index contributed by atoms with van der Waals surface area (Å²) in [6.07, 6.45) is 5.48. The predicted octanol–water partition coefficient (Wildman–Crippen LogP) is 4.52. The second-order valence-electron chi connectivity index (χ2n) is 9.10. The van der Waals surface area contributed by atoms with Crippen LogP contribution in [0.25, 0.3) is 10.9 Å². The highest BCUT2D eigenvalue weighted by Crippen LogP contribution is 2.36. The highest BCUT2D eigenvalue weighted by Gasteiger charge is 2.49. The molecule has 166 valence electrons.